The molecular weight excluding hydrogens is 332 g/mol. The van der Waals surface area contributed by atoms with Gasteiger partial charge in [-0.3, -0.25) is 14.4 Å². The van der Waals surface area contributed by atoms with Gasteiger partial charge >= 0.3 is 0 Å². The smallest absolute Gasteiger partial charge is 0.241 e. The molecule has 0 aliphatic carbocycles. The van der Waals surface area contributed by atoms with Crippen LogP contribution in [0.5, 0.6) is 0 Å². The number of carbonyl (C=O) groups is 3. The fraction of sp³-hybridized carbons (Fsp3) is 0.450. The van der Waals surface area contributed by atoms with E-state index in [2.05, 4.69) is 5.32 Å². The van der Waals surface area contributed by atoms with E-state index in [0.29, 0.717) is 5.69 Å². The fourth-order valence-electron chi connectivity index (χ4n) is 4.02. The number of nitrogens with one attached hydrogen (secondary N) is 1. The molecule has 0 unspecified atom stereocenters. The molecule has 2 fully saturated rings. The summed E-state index contributed by atoms with van der Waals surface area (Å²) in [6.07, 6.45) is 3.25. The van der Waals surface area contributed by atoms with Crippen molar-refractivity contribution in [1.29, 1.82) is 0 Å². The molecule has 136 valence electrons. The normalized spacial score (nSPS) is 32.3. The lowest BCUT2D eigenvalue weighted by Crippen LogP contribution is -2.50. The maximum absolute atomic E-state index is 13.1. The van der Waals surface area contributed by atoms with Gasteiger partial charge in [-0.15, -0.1) is 0 Å². The molecule has 2 bridgehead atoms. The SMILES string of the molecule is CC(C)(C)C(=O)NC[C@]12C=C[C@@H](O1)[C@H]1C(=O)N(c3ccccc3)C(=O)[C@@H]12. The van der Waals surface area contributed by atoms with Gasteiger partial charge in [-0.05, 0) is 12.1 Å². The van der Waals surface area contributed by atoms with Crippen molar-refractivity contribution in [2.45, 2.75) is 32.5 Å². The highest BCUT2D eigenvalue weighted by Gasteiger charge is 2.67. The quantitative estimate of drug-likeness (QED) is 0.662. The van der Waals surface area contributed by atoms with E-state index in [1.807, 2.05) is 39.0 Å². The number of carbonyl (C=O) groups excluding carboxylic acids is 3. The number of nitrogens with zero attached hydrogens (tertiary/aromatic N) is 1. The number of benzene rings is 1. The van der Waals surface area contributed by atoms with Crippen LogP contribution in [-0.2, 0) is 19.1 Å². The number of rotatable bonds is 3. The van der Waals surface area contributed by atoms with Crippen LogP contribution in [0.25, 0.3) is 0 Å². The molecule has 2 saturated heterocycles. The largest absolute Gasteiger partial charge is 0.360 e. The fourth-order valence-corrected chi connectivity index (χ4v) is 4.02. The molecule has 4 rings (SSSR count). The average molecular weight is 354 g/mol. The third-order valence-electron chi connectivity index (χ3n) is 5.38. The van der Waals surface area contributed by atoms with Crippen LogP contribution in [0.3, 0.4) is 0 Å². The van der Waals surface area contributed by atoms with Crippen molar-refractivity contribution in [3.63, 3.8) is 0 Å². The third-order valence-corrected chi connectivity index (χ3v) is 5.38. The summed E-state index contributed by atoms with van der Waals surface area (Å²) in [5.74, 6) is -1.75. The zero-order valence-corrected chi connectivity index (χ0v) is 15.1. The molecule has 3 heterocycles. The van der Waals surface area contributed by atoms with Crippen molar-refractivity contribution >= 4 is 23.4 Å². The summed E-state index contributed by atoms with van der Waals surface area (Å²) in [5, 5.41) is 2.89. The first-order valence-electron chi connectivity index (χ1n) is 8.83. The number of hydrogen-bond donors (Lipinski definition) is 1. The van der Waals surface area contributed by atoms with E-state index < -0.39 is 29.0 Å². The molecule has 1 N–H and O–H groups in total. The van der Waals surface area contributed by atoms with Crippen molar-refractivity contribution in [2.75, 3.05) is 11.4 Å². The van der Waals surface area contributed by atoms with E-state index in [4.69, 9.17) is 4.74 Å². The van der Waals surface area contributed by atoms with Crippen LogP contribution in [0.15, 0.2) is 42.5 Å². The summed E-state index contributed by atoms with van der Waals surface area (Å²) < 4.78 is 6.02. The van der Waals surface area contributed by atoms with Gasteiger partial charge in [0.1, 0.15) is 5.60 Å². The van der Waals surface area contributed by atoms with E-state index in [9.17, 15) is 14.4 Å². The average Bonchev–Trinajstić information content (AvgIpc) is 3.23. The molecule has 4 atom stereocenters. The first kappa shape index (κ1) is 17.0. The van der Waals surface area contributed by atoms with Crippen molar-refractivity contribution in [3.05, 3.63) is 42.5 Å². The molecule has 3 aliphatic heterocycles. The minimum atomic E-state index is -0.952. The monoisotopic (exact) mass is 354 g/mol. The van der Waals surface area contributed by atoms with E-state index in [-0.39, 0.29) is 24.3 Å². The molecule has 0 aromatic heterocycles. The Morgan fingerprint density at radius 2 is 1.88 bits per heavy atom. The number of ether oxygens (including phenoxy) is 1. The Hall–Kier alpha value is -2.47. The molecule has 3 amide bonds. The highest BCUT2D eigenvalue weighted by atomic mass is 16.5. The van der Waals surface area contributed by atoms with Crippen LogP contribution in [0.2, 0.25) is 0 Å². The number of fused-ring (bicyclic) bond motifs is 5. The number of imide groups is 1. The van der Waals surface area contributed by atoms with Gasteiger partial charge in [-0.25, -0.2) is 4.90 Å². The van der Waals surface area contributed by atoms with Crippen LogP contribution in [0, 0.1) is 17.3 Å². The van der Waals surface area contributed by atoms with Gasteiger partial charge in [0.25, 0.3) is 0 Å². The Bertz CT molecular complexity index is 811. The lowest BCUT2D eigenvalue weighted by Gasteiger charge is -2.30. The highest BCUT2D eigenvalue weighted by Crippen LogP contribution is 2.52. The lowest BCUT2D eigenvalue weighted by molar-refractivity contribution is -0.132. The molecule has 3 aliphatic rings. The first-order chi connectivity index (χ1) is 12.2. The van der Waals surface area contributed by atoms with Crippen molar-refractivity contribution in [3.8, 4) is 0 Å². The zero-order valence-electron chi connectivity index (χ0n) is 15.1. The molecular formula is C20H22N2O4. The lowest BCUT2D eigenvalue weighted by atomic mass is 9.76. The second kappa shape index (κ2) is 5.51. The molecule has 1 aromatic carbocycles. The summed E-state index contributed by atoms with van der Waals surface area (Å²) in [6.45, 7) is 5.66. The van der Waals surface area contributed by atoms with Gasteiger partial charge in [-0.1, -0.05) is 51.1 Å². The predicted molar refractivity (Wildman–Crippen MR) is 95.1 cm³/mol. The molecule has 6 heteroatoms. The molecule has 0 saturated carbocycles. The van der Waals surface area contributed by atoms with E-state index in [1.165, 1.54) is 4.90 Å². The highest BCUT2D eigenvalue weighted by molar-refractivity contribution is 6.23. The standard InChI is InChI=1S/C20H22N2O4/c1-19(2,3)18(25)21-11-20-10-9-13(26-20)14-15(20)17(24)22(16(14)23)12-7-5-4-6-8-12/h4-10,13-15H,11H2,1-3H3,(H,21,25)/t13-,14-,15-,20+/m1/s1. The molecule has 26 heavy (non-hydrogen) atoms. The van der Waals surface area contributed by atoms with E-state index in [0.717, 1.165) is 0 Å². The van der Waals surface area contributed by atoms with Crippen LogP contribution in [-0.4, -0.2) is 36.0 Å². The molecule has 6 nitrogen and oxygen atoms in total. The number of para-hydroxylation sites is 1. The summed E-state index contributed by atoms with van der Waals surface area (Å²) in [7, 11) is 0. The Morgan fingerprint density at radius 1 is 1.19 bits per heavy atom. The Kier molecular flexibility index (Phi) is 3.60. The predicted octanol–water partition coefficient (Wildman–Crippen LogP) is 1.66. The van der Waals surface area contributed by atoms with Crippen LogP contribution >= 0.6 is 0 Å². The molecule has 0 spiro atoms. The zero-order chi connectivity index (χ0) is 18.7. The van der Waals surface area contributed by atoms with Crippen LogP contribution < -0.4 is 10.2 Å². The second-order valence-electron chi connectivity index (χ2n) is 8.18. The molecule has 0 radical (unpaired) electrons. The number of hydrogen-bond acceptors (Lipinski definition) is 4. The van der Waals surface area contributed by atoms with Crippen molar-refractivity contribution in [2.24, 2.45) is 17.3 Å². The Balaban J connectivity index is 1.62. The first-order valence-corrected chi connectivity index (χ1v) is 8.83. The Labute approximate surface area is 152 Å². The maximum Gasteiger partial charge on any atom is 0.241 e. The summed E-state index contributed by atoms with van der Waals surface area (Å²) in [6, 6.07) is 8.94. The summed E-state index contributed by atoms with van der Waals surface area (Å²) in [4.78, 5) is 39.6. The van der Waals surface area contributed by atoms with Gasteiger partial charge in [0.15, 0.2) is 0 Å². The van der Waals surface area contributed by atoms with Crippen LogP contribution in [0.1, 0.15) is 20.8 Å². The van der Waals surface area contributed by atoms with Gasteiger partial charge in [-0.2, -0.15) is 0 Å². The topological polar surface area (TPSA) is 75.7 Å². The molecule has 1 aromatic rings. The van der Waals surface area contributed by atoms with Gasteiger partial charge in [0, 0.05) is 5.41 Å². The van der Waals surface area contributed by atoms with E-state index >= 15 is 0 Å². The summed E-state index contributed by atoms with van der Waals surface area (Å²) >= 11 is 0. The maximum atomic E-state index is 13.1. The number of amides is 3. The summed E-state index contributed by atoms with van der Waals surface area (Å²) in [5.41, 5.74) is -0.917. The third kappa shape index (κ3) is 2.32. The van der Waals surface area contributed by atoms with Crippen molar-refractivity contribution in [1.82, 2.24) is 5.32 Å². The van der Waals surface area contributed by atoms with Gasteiger partial charge in [0.2, 0.25) is 17.7 Å². The Morgan fingerprint density at radius 3 is 2.54 bits per heavy atom. The second-order valence-corrected chi connectivity index (χ2v) is 8.18. The number of anilines is 1. The van der Waals surface area contributed by atoms with Crippen molar-refractivity contribution < 1.29 is 19.1 Å². The minimum absolute atomic E-state index is 0.118. The van der Waals surface area contributed by atoms with E-state index in [1.54, 1.807) is 24.3 Å². The van der Waals surface area contributed by atoms with Gasteiger partial charge in [0.05, 0.1) is 30.2 Å². The van der Waals surface area contributed by atoms with Gasteiger partial charge < -0.3 is 10.1 Å². The van der Waals surface area contributed by atoms with Crippen LogP contribution in [0.4, 0.5) is 5.69 Å². The minimum Gasteiger partial charge on any atom is -0.360 e.